The number of hydrogen-bond donors (Lipinski definition) is 0. The number of benzene rings is 3. The molecule has 2 atom stereocenters. The Morgan fingerprint density at radius 1 is 0.964 bits per heavy atom. The SMILES string of the molecule is CC(=O)c1ccccc1OC[C@@H]1C[C@@H](c2ccccc2)N(c2ccccc2)O1. The molecule has 1 fully saturated rings. The van der Waals surface area contributed by atoms with Crippen molar-refractivity contribution >= 4 is 11.5 Å². The topological polar surface area (TPSA) is 38.8 Å². The number of ketones is 1. The first-order valence-electron chi connectivity index (χ1n) is 9.51. The second kappa shape index (κ2) is 8.28. The van der Waals surface area contributed by atoms with E-state index in [4.69, 9.17) is 9.57 Å². The van der Waals surface area contributed by atoms with E-state index in [0.29, 0.717) is 17.9 Å². The van der Waals surface area contributed by atoms with E-state index in [1.807, 2.05) is 71.8 Å². The van der Waals surface area contributed by atoms with Gasteiger partial charge in [-0.1, -0.05) is 60.7 Å². The number of carbonyl (C=O) groups is 1. The molecule has 1 saturated heterocycles. The molecular formula is C24H23NO3. The van der Waals surface area contributed by atoms with E-state index in [9.17, 15) is 4.79 Å². The van der Waals surface area contributed by atoms with Gasteiger partial charge in [-0.25, -0.2) is 5.06 Å². The summed E-state index contributed by atoms with van der Waals surface area (Å²) in [5.41, 5.74) is 2.82. The molecule has 0 aromatic heterocycles. The summed E-state index contributed by atoms with van der Waals surface area (Å²) in [5, 5.41) is 1.97. The van der Waals surface area contributed by atoms with Gasteiger partial charge in [-0.2, -0.15) is 0 Å². The third kappa shape index (κ3) is 3.92. The molecule has 0 radical (unpaired) electrons. The number of hydroxylamine groups is 1. The fourth-order valence-electron chi connectivity index (χ4n) is 3.55. The van der Waals surface area contributed by atoms with Gasteiger partial charge in [-0.3, -0.25) is 9.63 Å². The number of anilines is 1. The predicted octanol–water partition coefficient (Wildman–Crippen LogP) is 5.22. The van der Waals surface area contributed by atoms with Crippen molar-refractivity contribution in [3.8, 4) is 5.75 Å². The highest BCUT2D eigenvalue weighted by molar-refractivity contribution is 5.96. The van der Waals surface area contributed by atoms with Crippen LogP contribution in [-0.2, 0) is 4.84 Å². The zero-order chi connectivity index (χ0) is 19.3. The van der Waals surface area contributed by atoms with Crippen LogP contribution < -0.4 is 9.80 Å². The van der Waals surface area contributed by atoms with Crippen LogP contribution in [0.15, 0.2) is 84.9 Å². The fraction of sp³-hybridized carbons (Fsp3) is 0.208. The Morgan fingerprint density at radius 3 is 2.32 bits per heavy atom. The lowest BCUT2D eigenvalue weighted by molar-refractivity contribution is 0.0479. The molecule has 4 heteroatoms. The van der Waals surface area contributed by atoms with E-state index >= 15 is 0 Å². The van der Waals surface area contributed by atoms with Crippen LogP contribution >= 0.6 is 0 Å². The maximum Gasteiger partial charge on any atom is 0.163 e. The van der Waals surface area contributed by atoms with Crippen molar-refractivity contribution in [3.63, 3.8) is 0 Å². The van der Waals surface area contributed by atoms with E-state index in [2.05, 4.69) is 12.1 Å². The molecule has 1 aliphatic heterocycles. The largest absolute Gasteiger partial charge is 0.490 e. The molecule has 142 valence electrons. The number of hydrogen-bond acceptors (Lipinski definition) is 4. The molecule has 1 heterocycles. The van der Waals surface area contributed by atoms with Gasteiger partial charge in [0.1, 0.15) is 18.5 Å². The zero-order valence-electron chi connectivity index (χ0n) is 15.8. The quantitative estimate of drug-likeness (QED) is 0.555. The van der Waals surface area contributed by atoms with E-state index in [-0.39, 0.29) is 17.9 Å². The summed E-state index contributed by atoms with van der Waals surface area (Å²) in [6, 6.07) is 27.9. The van der Waals surface area contributed by atoms with E-state index in [0.717, 1.165) is 12.1 Å². The average Bonchev–Trinajstić information content (AvgIpc) is 3.18. The van der Waals surface area contributed by atoms with Crippen LogP contribution in [-0.4, -0.2) is 18.5 Å². The van der Waals surface area contributed by atoms with Crippen LogP contribution in [0.2, 0.25) is 0 Å². The Balaban J connectivity index is 1.53. The molecule has 3 aromatic carbocycles. The molecule has 0 aliphatic carbocycles. The molecule has 0 N–H and O–H groups in total. The summed E-state index contributed by atoms with van der Waals surface area (Å²) < 4.78 is 5.98. The van der Waals surface area contributed by atoms with Gasteiger partial charge >= 0.3 is 0 Å². The number of rotatable bonds is 6. The number of ether oxygens (including phenoxy) is 1. The van der Waals surface area contributed by atoms with Gasteiger partial charge in [0.05, 0.1) is 17.3 Å². The monoisotopic (exact) mass is 373 g/mol. The zero-order valence-corrected chi connectivity index (χ0v) is 15.8. The minimum Gasteiger partial charge on any atom is -0.490 e. The predicted molar refractivity (Wildman–Crippen MR) is 110 cm³/mol. The third-order valence-corrected chi connectivity index (χ3v) is 4.92. The Hall–Kier alpha value is -3.11. The summed E-state index contributed by atoms with van der Waals surface area (Å²) >= 11 is 0. The molecule has 3 aromatic rings. The average molecular weight is 373 g/mol. The van der Waals surface area contributed by atoms with Crippen LogP contribution in [0.5, 0.6) is 5.75 Å². The van der Waals surface area contributed by atoms with Gasteiger partial charge in [0.15, 0.2) is 5.78 Å². The van der Waals surface area contributed by atoms with Gasteiger partial charge < -0.3 is 4.74 Å². The smallest absolute Gasteiger partial charge is 0.163 e. The number of carbonyl (C=O) groups excluding carboxylic acids is 1. The highest BCUT2D eigenvalue weighted by Gasteiger charge is 2.35. The number of Topliss-reactive ketones (excluding diaryl/α,β-unsaturated/α-hetero) is 1. The summed E-state index contributed by atoms with van der Waals surface area (Å²) in [4.78, 5) is 18.1. The molecular weight excluding hydrogens is 350 g/mol. The van der Waals surface area contributed by atoms with Gasteiger partial charge in [-0.15, -0.1) is 0 Å². The van der Waals surface area contributed by atoms with Crippen molar-refractivity contribution < 1.29 is 14.4 Å². The lowest BCUT2D eigenvalue weighted by atomic mass is 10.0. The fourth-order valence-corrected chi connectivity index (χ4v) is 3.55. The van der Waals surface area contributed by atoms with Crippen molar-refractivity contribution in [2.24, 2.45) is 0 Å². The highest BCUT2D eigenvalue weighted by Crippen LogP contribution is 2.38. The van der Waals surface area contributed by atoms with Crippen LogP contribution in [0, 0.1) is 0 Å². The Bertz CT molecular complexity index is 879. The number of para-hydroxylation sites is 2. The molecule has 0 bridgehead atoms. The second-order valence-electron chi connectivity index (χ2n) is 6.91. The maximum absolute atomic E-state index is 11.8. The first-order valence-corrected chi connectivity index (χ1v) is 9.51. The van der Waals surface area contributed by atoms with Crippen molar-refractivity contribution in [1.29, 1.82) is 0 Å². The molecule has 0 saturated carbocycles. The van der Waals surface area contributed by atoms with Crippen LogP contribution in [0.1, 0.15) is 35.3 Å². The van der Waals surface area contributed by atoms with E-state index in [1.54, 1.807) is 13.0 Å². The van der Waals surface area contributed by atoms with E-state index < -0.39 is 0 Å². The first kappa shape index (κ1) is 18.3. The van der Waals surface area contributed by atoms with Crippen LogP contribution in [0.4, 0.5) is 5.69 Å². The molecule has 1 aliphatic rings. The standard InChI is InChI=1S/C24H23NO3/c1-18(26)22-14-8-9-15-24(22)27-17-21-16-23(19-10-4-2-5-11-19)25(28-21)20-12-6-3-7-13-20/h2-15,21,23H,16-17H2,1H3/t21-,23-/m0/s1. The van der Waals surface area contributed by atoms with Gasteiger partial charge in [0.2, 0.25) is 0 Å². The Morgan fingerprint density at radius 2 is 1.61 bits per heavy atom. The van der Waals surface area contributed by atoms with Crippen LogP contribution in [0.3, 0.4) is 0 Å². The third-order valence-electron chi connectivity index (χ3n) is 4.92. The highest BCUT2D eigenvalue weighted by atomic mass is 16.7. The van der Waals surface area contributed by atoms with Crippen molar-refractivity contribution in [2.75, 3.05) is 11.7 Å². The lowest BCUT2D eigenvalue weighted by Gasteiger charge is -2.25. The van der Waals surface area contributed by atoms with E-state index in [1.165, 1.54) is 5.56 Å². The second-order valence-corrected chi connectivity index (χ2v) is 6.91. The summed E-state index contributed by atoms with van der Waals surface area (Å²) in [6.07, 6.45) is 0.701. The molecule has 4 rings (SSSR count). The number of nitrogens with zero attached hydrogens (tertiary/aromatic N) is 1. The lowest BCUT2D eigenvalue weighted by Crippen LogP contribution is -2.24. The maximum atomic E-state index is 11.8. The minimum atomic E-state index is -0.106. The minimum absolute atomic E-state index is 0.00369. The van der Waals surface area contributed by atoms with Gasteiger partial charge in [0, 0.05) is 6.42 Å². The van der Waals surface area contributed by atoms with Crippen LogP contribution in [0.25, 0.3) is 0 Å². The van der Waals surface area contributed by atoms with Gasteiger partial charge in [0.25, 0.3) is 0 Å². The molecule has 0 amide bonds. The molecule has 4 nitrogen and oxygen atoms in total. The van der Waals surface area contributed by atoms with Crippen molar-refractivity contribution in [2.45, 2.75) is 25.5 Å². The summed E-state index contributed by atoms with van der Waals surface area (Å²) in [6.45, 7) is 1.94. The van der Waals surface area contributed by atoms with Crippen molar-refractivity contribution in [3.05, 3.63) is 96.1 Å². The summed E-state index contributed by atoms with van der Waals surface area (Å²) in [7, 11) is 0. The van der Waals surface area contributed by atoms with Gasteiger partial charge in [-0.05, 0) is 36.8 Å². The Kier molecular flexibility index (Phi) is 5.40. The first-order chi connectivity index (χ1) is 13.7. The normalized spacial score (nSPS) is 18.8. The molecule has 0 unspecified atom stereocenters. The van der Waals surface area contributed by atoms with Crippen molar-refractivity contribution in [1.82, 2.24) is 0 Å². The summed E-state index contributed by atoms with van der Waals surface area (Å²) in [5.74, 6) is 0.601. The Labute approximate surface area is 165 Å². The molecule has 0 spiro atoms. The molecule has 28 heavy (non-hydrogen) atoms.